The van der Waals surface area contributed by atoms with Gasteiger partial charge in [-0.2, -0.15) is 0 Å². The molecule has 1 unspecified atom stereocenters. The fraction of sp³-hybridized carbons (Fsp3) is 0.300. The zero-order valence-corrected chi connectivity index (χ0v) is 10.2. The molecule has 1 atom stereocenters. The van der Waals surface area contributed by atoms with Crippen molar-refractivity contribution in [1.29, 1.82) is 0 Å². The van der Waals surface area contributed by atoms with Crippen LogP contribution in [0.1, 0.15) is 17.2 Å². The first-order valence-corrected chi connectivity index (χ1v) is 5.12. The Bertz CT molecular complexity index is 433. The molecule has 16 heavy (non-hydrogen) atoms. The zero-order chi connectivity index (χ0) is 12.5. The minimum Gasteiger partial charge on any atom is -0.496 e. The van der Waals surface area contributed by atoms with E-state index in [2.05, 4.69) is 15.9 Å². The maximum absolute atomic E-state index is 13.4. The van der Waals surface area contributed by atoms with Crippen molar-refractivity contribution in [2.45, 2.75) is 13.0 Å². The van der Waals surface area contributed by atoms with Gasteiger partial charge in [0.15, 0.2) is 6.10 Å². The lowest BCUT2D eigenvalue weighted by Gasteiger charge is -2.16. The van der Waals surface area contributed by atoms with E-state index in [9.17, 15) is 14.3 Å². The first kappa shape index (κ1) is 12.9. The Morgan fingerprint density at radius 2 is 2.19 bits per heavy atom. The van der Waals surface area contributed by atoms with Crippen LogP contribution in [-0.2, 0) is 4.79 Å². The van der Waals surface area contributed by atoms with Crippen LogP contribution in [0.3, 0.4) is 0 Å². The summed E-state index contributed by atoms with van der Waals surface area (Å²) in [5, 5.41) is 18.2. The Labute approximate surface area is 99.8 Å². The number of methoxy groups -OCH3 is 1. The second-order valence-electron chi connectivity index (χ2n) is 3.18. The van der Waals surface area contributed by atoms with Crippen LogP contribution >= 0.6 is 15.9 Å². The summed E-state index contributed by atoms with van der Waals surface area (Å²) in [5.74, 6) is -1.96. The highest BCUT2D eigenvalue weighted by Crippen LogP contribution is 2.37. The summed E-state index contributed by atoms with van der Waals surface area (Å²) in [5.41, 5.74) is 0.297. The van der Waals surface area contributed by atoms with Crippen molar-refractivity contribution >= 4 is 21.9 Å². The Hall–Kier alpha value is -1.14. The number of hydrogen-bond donors (Lipinski definition) is 2. The van der Waals surface area contributed by atoms with Gasteiger partial charge in [0.25, 0.3) is 0 Å². The van der Waals surface area contributed by atoms with Gasteiger partial charge in [0.05, 0.1) is 17.1 Å². The van der Waals surface area contributed by atoms with Crippen molar-refractivity contribution in [2.75, 3.05) is 7.11 Å². The molecule has 2 N–H and O–H groups in total. The molecule has 0 aliphatic carbocycles. The van der Waals surface area contributed by atoms with E-state index in [1.807, 2.05) is 0 Å². The molecule has 0 bridgehead atoms. The van der Waals surface area contributed by atoms with Crippen LogP contribution < -0.4 is 4.74 Å². The number of aliphatic hydroxyl groups excluding tert-OH is 1. The highest BCUT2D eigenvalue weighted by molar-refractivity contribution is 9.10. The number of carboxylic acids is 1. The van der Waals surface area contributed by atoms with Gasteiger partial charge >= 0.3 is 5.97 Å². The van der Waals surface area contributed by atoms with Crippen molar-refractivity contribution in [3.8, 4) is 5.75 Å². The number of halogens is 2. The van der Waals surface area contributed by atoms with E-state index in [0.29, 0.717) is 5.56 Å². The molecule has 88 valence electrons. The third-order valence-corrected chi connectivity index (χ3v) is 2.91. The summed E-state index contributed by atoms with van der Waals surface area (Å²) in [6, 6.07) is 1.20. The quantitative estimate of drug-likeness (QED) is 0.894. The Kier molecular flexibility index (Phi) is 3.88. The van der Waals surface area contributed by atoms with Crippen LogP contribution in [0.4, 0.5) is 4.39 Å². The molecule has 0 aliphatic heterocycles. The molecule has 6 heteroatoms. The lowest BCUT2D eigenvalue weighted by atomic mass is 10.0. The van der Waals surface area contributed by atoms with Crippen LogP contribution in [0.2, 0.25) is 0 Å². The molecular formula is C10H10BrFO4. The molecule has 1 aromatic rings. The number of carboxylic acid groups (broad SMARTS) is 1. The van der Waals surface area contributed by atoms with Crippen molar-refractivity contribution < 1.29 is 24.1 Å². The molecule has 0 saturated carbocycles. The Balaban J connectivity index is 3.50. The molecule has 0 fully saturated rings. The van der Waals surface area contributed by atoms with Gasteiger partial charge in [-0.05, 0) is 34.5 Å². The van der Waals surface area contributed by atoms with Gasteiger partial charge in [-0.25, -0.2) is 9.18 Å². The second-order valence-corrected chi connectivity index (χ2v) is 3.97. The third kappa shape index (κ3) is 2.17. The number of aliphatic carboxylic acids is 1. The number of ether oxygens (including phenoxy) is 1. The van der Waals surface area contributed by atoms with E-state index in [1.165, 1.54) is 13.2 Å². The fourth-order valence-electron chi connectivity index (χ4n) is 1.40. The van der Waals surface area contributed by atoms with Gasteiger partial charge in [0.1, 0.15) is 11.6 Å². The average molecular weight is 293 g/mol. The minimum atomic E-state index is -1.83. The van der Waals surface area contributed by atoms with Gasteiger partial charge in [0, 0.05) is 0 Å². The van der Waals surface area contributed by atoms with Crippen LogP contribution in [-0.4, -0.2) is 23.3 Å². The number of benzene rings is 1. The van der Waals surface area contributed by atoms with Gasteiger partial charge in [0.2, 0.25) is 0 Å². The Morgan fingerprint density at radius 1 is 1.62 bits per heavy atom. The first-order valence-electron chi connectivity index (χ1n) is 4.33. The van der Waals surface area contributed by atoms with E-state index in [0.717, 1.165) is 0 Å². The molecule has 4 nitrogen and oxygen atoms in total. The second kappa shape index (κ2) is 4.80. The minimum absolute atomic E-state index is 0.107. The van der Waals surface area contributed by atoms with Crippen LogP contribution in [0, 0.1) is 12.7 Å². The molecule has 0 saturated heterocycles. The van der Waals surface area contributed by atoms with Crippen molar-refractivity contribution in [3.63, 3.8) is 0 Å². The smallest absolute Gasteiger partial charge is 0.337 e. The van der Waals surface area contributed by atoms with Crippen molar-refractivity contribution in [2.24, 2.45) is 0 Å². The topological polar surface area (TPSA) is 66.8 Å². The summed E-state index contributed by atoms with van der Waals surface area (Å²) >= 11 is 2.90. The van der Waals surface area contributed by atoms with E-state index < -0.39 is 17.9 Å². The average Bonchev–Trinajstić information content (AvgIpc) is 2.21. The van der Waals surface area contributed by atoms with Gasteiger partial charge in [-0.3, -0.25) is 0 Å². The molecule has 0 radical (unpaired) electrons. The van der Waals surface area contributed by atoms with Crippen LogP contribution in [0.5, 0.6) is 5.75 Å². The molecule has 0 spiro atoms. The first-order chi connectivity index (χ1) is 7.40. The molecule has 0 aromatic heterocycles. The van der Waals surface area contributed by atoms with E-state index in [4.69, 9.17) is 9.84 Å². The van der Waals surface area contributed by atoms with Crippen molar-refractivity contribution in [3.05, 3.63) is 27.5 Å². The molecular weight excluding hydrogens is 283 g/mol. The standard InChI is InChI=1S/C10H10BrFO4/c1-4-3-5(12)7(11)6(9(4)16-2)8(13)10(14)15/h3,8,13H,1-2H3,(H,14,15). The van der Waals surface area contributed by atoms with Crippen molar-refractivity contribution in [1.82, 2.24) is 0 Å². The number of carbonyl (C=O) groups is 1. The maximum atomic E-state index is 13.4. The zero-order valence-electron chi connectivity index (χ0n) is 8.62. The number of aryl methyl sites for hydroxylation is 1. The summed E-state index contributed by atoms with van der Waals surface area (Å²) in [4.78, 5) is 10.7. The SMILES string of the molecule is COc1c(C)cc(F)c(Br)c1C(O)C(=O)O. The van der Waals surface area contributed by atoms with E-state index >= 15 is 0 Å². The Morgan fingerprint density at radius 3 is 2.62 bits per heavy atom. The molecule has 0 aliphatic rings. The van der Waals surface area contributed by atoms with Crippen LogP contribution in [0.25, 0.3) is 0 Å². The van der Waals surface area contributed by atoms with Gasteiger partial charge in [-0.15, -0.1) is 0 Å². The molecule has 0 heterocycles. The van der Waals surface area contributed by atoms with Crippen LogP contribution in [0.15, 0.2) is 10.5 Å². The lowest BCUT2D eigenvalue weighted by Crippen LogP contribution is -2.13. The number of rotatable bonds is 3. The van der Waals surface area contributed by atoms with Gasteiger partial charge < -0.3 is 14.9 Å². The normalized spacial score (nSPS) is 12.3. The monoisotopic (exact) mass is 292 g/mol. The van der Waals surface area contributed by atoms with E-state index in [-0.39, 0.29) is 15.8 Å². The lowest BCUT2D eigenvalue weighted by molar-refractivity contribution is -0.147. The largest absolute Gasteiger partial charge is 0.496 e. The third-order valence-electron chi connectivity index (χ3n) is 2.10. The number of aliphatic hydroxyl groups is 1. The number of hydrogen-bond acceptors (Lipinski definition) is 3. The molecule has 1 rings (SSSR count). The van der Waals surface area contributed by atoms with E-state index in [1.54, 1.807) is 6.92 Å². The summed E-state index contributed by atoms with van der Waals surface area (Å²) < 4.78 is 18.2. The molecule has 0 amide bonds. The fourth-order valence-corrected chi connectivity index (χ4v) is 1.91. The molecule has 1 aromatic carbocycles. The highest BCUT2D eigenvalue weighted by Gasteiger charge is 2.26. The summed E-state index contributed by atoms with van der Waals surface area (Å²) in [6.07, 6.45) is -1.83. The summed E-state index contributed by atoms with van der Waals surface area (Å²) in [6.45, 7) is 1.56. The highest BCUT2D eigenvalue weighted by atomic mass is 79.9. The predicted molar refractivity (Wildman–Crippen MR) is 58.0 cm³/mol. The maximum Gasteiger partial charge on any atom is 0.337 e. The predicted octanol–water partition coefficient (Wildman–Crippen LogP) is 2.02. The van der Waals surface area contributed by atoms with Gasteiger partial charge in [-0.1, -0.05) is 0 Å². The summed E-state index contributed by atoms with van der Waals surface area (Å²) in [7, 11) is 1.32.